The molecule has 1 saturated heterocycles. The van der Waals surface area contributed by atoms with E-state index in [1.54, 1.807) is 48.5 Å². The minimum absolute atomic E-state index is 0.192. The van der Waals surface area contributed by atoms with Gasteiger partial charge in [-0.05, 0) is 42.1 Å². The number of amides is 3. The largest absolute Gasteiger partial charge is 0.493 e. The number of halogens is 1. The van der Waals surface area contributed by atoms with E-state index in [1.165, 1.54) is 14.2 Å². The molecule has 0 spiro atoms. The van der Waals surface area contributed by atoms with Crippen LogP contribution in [0.4, 0.5) is 10.5 Å². The smallest absolute Gasteiger partial charge is 0.294 e. The Balaban J connectivity index is 1.76. The Kier molecular flexibility index (Phi) is 6.46. The highest BCUT2D eigenvalue weighted by molar-refractivity contribution is 8.18. The number of rotatable bonds is 6. The maximum absolute atomic E-state index is 12.7. The molecular formula is C20H17ClN2O5S. The molecule has 3 amide bonds. The van der Waals surface area contributed by atoms with Crippen LogP contribution < -0.4 is 14.8 Å². The molecule has 2 aromatic rings. The molecule has 1 heterocycles. The van der Waals surface area contributed by atoms with E-state index < -0.39 is 23.6 Å². The first-order chi connectivity index (χ1) is 13.9. The van der Waals surface area contributed by atoms with Gasteiger partial charge < -0.3 is 14.8 Å². The number of methoxy groups -OCH3 is 2. The normalized spacial score (nSPS) is 15.0. The highest BCUT2D eigenvalue weighted by atomic mass is 35.5. The van der Waals surface area contributed by atoms with Crippen molar-refractivity contribution in [3.05, 3.63) is 58.0 Å². The van der Waals surface area contributed by atoms with Gasteiger partial charge in [-0.2, -0.15) is 0 Å². The van der Waals surface area contributed by atoms with Gasteiger partial charge in [0.1, 0.15) is 6.54 Å². The van der Waals surface area contributed by atoms with E-state index in [9.17, 15) is 14.4 Å². The number of ether oxygens (including phenoxy) is 2. The molecule has 3 rings (SSSR count). The van der Waals surface area contributed by atoms with Gasteiger partial charge in [-0.3, -0.25) is 19.3 Å². The molecule has 1 aliphatic heterocycles. The molecular weight excluding hydrogens is 416 g/mol. The van der Waals surface area contributed by atoms with Crippen LogP contribution >= 0.6 is 23.4 Å². The van der Waals surface area contributed by atoms with E-state index >= 15 is 0 Å². The average molecular weight is 433 g/mol. The summed E-state index contributed by atoms with van der Waals surface area (Å²) in [6, 6.07) is 11.8. The highest BCUT2D eigenvalue weighted by Crippen LogP contribution is 2.37. The molecule has 7 nitrogen and oxygen atoms in total. The van der Waals surface area contributed by atoms with Crippen molar-refractivity contribution in [3.8, 4) is 11.5 Å². The number of carbonyl (C=O) groups is 3. The molecule has 0 unspecified atom stereocenters. The standard InChI is InChI=1S/C20H17ClN2O5S/c1-27-15-8-3-5-12(18(15)28-2)9-16-19(25)23(20(26)29-16)11-17(24)22-14-7-4-6-13(21)10-14/h3-10H,11H2,1-2H3,(H,22,24)/b16-9+. The summed E-state index contributed by atoms with van der Waals surface area (Å²) in [6.07, 6.45) is 1.54. The van der Waals surface area contributed by atoms with E-state index in [2.05, 4.69) is 5.32 Å². The van der Waals surface area contributed by atoms with Gasteiger partial charge in [0, 0.05) is 16.3 Å². The van der Waals surface area contributed by atoms with E-state index in [1.807, 2.05) is 0 Å². The molecule has 0 aromatic heterocycles. The lowest BCUT2D eigenvalue weighted by atomic mass is 10.1. The van der Waals surface area contributed by atoms with Crippen molar-refractivity contribution in [1.82, 2.24) is 4.90 Å². The van der Waals surface area contributed by atoms with Crippen molar-refractivity contribution in [2.75, 3.05) is 26.1 Å². The summed E-state index contributed by atoms with van der Waals surface area (Å²) >= 11 is 6.65. The van der Waals surface area contributed by atoms with Gasteiger partial charge in [0.15, 0.2) is 11.5 Å². The fraction of sp³-hybridized carbons (Fsp3) is 0.150. The molecule has 2 aromatic carbocycles. The lowest BCUT2D eigenvalue weighted by Crippen LogP contribution is -2.36. The number of carbonyl (C=O) groups excluding carboxylic acids is 3. The molecule has 29 heavy (non-hydrogen) atoms. The van der Waals surface area contributed by atoms with Crippen LogP contribution in [-0.4, -0.2) is 42.7 Å². The third-order valence-corrected chi connectivity index (χ3v) is 5.15. The molecule has 9 heteroatoms. The Hall–Kier alpha value is -2.97. The molecule has 1 fully saturated rings. The highest BCUT2D eigenvalue weighted by Gasteiger charge is 2.36. The van der Waals surface area contributed by atoms with E-state index in [0.717, 1.165) is 16.7 Å². The van der Waals surface area contributed by atoms with Crippen LogP contribution in [0.2, 0.25) is 5.02 Å². The Labute approximate surface area is 176 Å². The van der Waals surface area contributed by atoms with Crippen molar-refractivity contribution in [2.45, 2.75) is 0 Å². The number of nitrogens with one attached hydrogen (secondary N) is 1. The zero-order valence-electron chi connectivity index (χ0n) is 15.6. The summed E-state index contributed by atoms with van der Waals surface area (Å²) in [7, 11) is 3.00. The number of anilines is 1. The quantitative estimate of drug-likeness (QED) is 0.693. The predicted octanol–water partition coefficient (Wildman–Crippen LogP) is 4.03. The van der Waals surface area contributed by atoms with Gasteiger partial charge in [0.05, 0.1) is 19.1 Å². The lowest BCUT2D eigenvalue weighted by Gasteiger charge is -2.13. The number of para-hydroxylation sites is 1. The van der Waals surface area contributed by atoms with Crippen LogP contribution in [0.15, 0.2) is 47.4 Å². The summed E-state index contributed by atoms with van der Waals surface area (Å²) in [5.41, 5.74) is 1.06. The number of hydrogen-bond acceptors (Lipinski definition) is 6. The monoisotopic (exact) mass is 432 g/mol. The molecule has 150 valence electrons. The van der Waals surface area contributed by atoms with E-state index in [-0.39, 0.29) is 4.91 Å². The summed E-state index contributed by atoms with van der Waals surface area (Å²) in [4.78, 5) is 38.3. The summed E-state index contributed by atoms with van der Waals surface area (Å²) in [6.45, 7) is -0.399. The topological polar surface area (TPSA) is 84.9 Å². The van der Waals surface area contributed by atoms with Crippen molar-refractivity contribution in [2.24, 2.45) is 0 Å². The summed E-state index contributed by atoms with van der Waals surface area (Å²) < 4.78 is 10.6. The number of hydrogen-bond donors (Lipinski definition) is 1. The van der Waals surface area contributed by atoms with Gasteiger partial charge in [0.25, 0.3) is 11.1 Å². The van der Waals surface area contributed by atoms with Crippen molar-refractivity contribution in [1.29, 1.82) is 0 Å². The second-order valence-electron chi connectivity index (χ2n) is 5.91. The predicted molar refractivity (Wildman–Crippen MR) is 112 cm³/mol. The van der Waals surface area contributed by atoms with Crippen LogP contribution in [0, 0.1) is 0 Å². The van der Waals surface area contributed by atoms with Crippen LogP contribution in [0.3, 0.4) is 0 Å². The van der Waals surface area contributed by atoms with Gasteiger partial charge in [0.2, 0.25) is 5.91 Å². The first kappa shape index (κ1) is 20.8. The summed E-state index contributed by atoms with van der Waals surface area (Å²) in [5.74, 6) is -0.109. The Morgan fingerprint density at radius 3 is 2.62 bits per heavy atom. The number of nitrogens with zero attached hydrogens (tertiary/aromatic N) is 1. The maximum Gasteiger partial charge on any atom is 0.294 e. The van der Waals surface area contributed by atoms with Gasteiger partial charge in [-0.15, -0.1) is 0 Å². The average Bonchev–Trinajstić information content (AvgIpc) is 2.95. The Morgan fingerprint density at radius 1 is 1.17 bits per heavy atom. The van der Waals surface area contributed by atoms with Crippen molar-refractivity contribution >= 4 is 52.2 Å². The second-order valence-corrected chi connectivity index (χ2v) is 7.34. The van der Waals surface area contributed by atoms with E-state index in [4.69, 9.17) is 21.1 Å². The Bertz CT molecular complexity index is 1010. The maximum atomic E-state index is 12.7. The zero-order chi connectivity index (χ0) is 21.0. The SMILES string of the molecule is COc1cccc(/C=C2/SC(=O)N(CC(=O)Nc3cccc(Cl)c3)C2=O)c1OC. The van der Waals surface area contributed by atoms with Crippen LogP contribution in [0.1, 0.15) is 5.56 Å². The van der Waals surface area contributed by atoms with Gasteiger partial charge in [-0.25, -0.2) is 0 Å². The molecule has 0 aliphatic carbocycles. The van der Waals surface area contributed by atoms with E-state index in [0.29, 0.717) is 27.8 Å². The molecule has 0 saturated carbocycles. The third-order valence-electron chi connectivity index (χ3n) is 4.00. The minimum Gasteiger partial charge on any atom is -0.493 e. The zero-order valence-corrected chi connectivity index (χ0v) is 17.2. The fourth-order valence-corrected chi connectivity index (χ4v) is 3.73. The Morgan fingerprint density at radius 2 is 1.93 bits per heavy atom. The molecule has 1 N–H and O–H groups in total. The molecule has 1 aliphatic rings. The van der Waals surface area contributed by atoms with Gasteiger partial charge >= 0.3 is 0 Å². The van der Waals surface area contributed by atoms with Crippen LogP contribution in [0.5, 0.6) is 11.5 Å². The second kappa shape index (κ2) is 9.02. The molecule has 0 radical (unpaired) electrons. The number of thioether (sulfide) groups is 1. The molecule has 0 bridgehead atoms. The lowest BCUT2D eigenvalue weighted by molar-refractivity contribution is -0.127. The summed E-state index contributed by atoms with van der Waals surface area (Å²) in [5, 5.41) is 2.55. The third kappa shape index (κ3) is 4.72. The first-order valence-electron chi connectivity index (χ1n) is 8.44. The minimum atomic E-state index is -0.550. The fourth-order valence-electron chi connectivity index (χ4n) is 2.71. The van der Waals surface area contributed by atoms with Crippen LogP contribution in [0.25, 0.3) is 6.08 Å². The van der Waals surface area contributed by atoms with Crippen molar-refractivity contribution < 1.29 is 23.9 Å². The van der Waals surface area contributed by atoms with Crippen LogP contribution in [-0.2, 0) is 9.59 Å². The molecule has 0 atom stereocenters. The number of imide groups is 1. The number of benzene rings is 2. The van der Waals surface area contributed by atoms with Gasteiger partial charge in [-0.1, -0.05) is 29.8 Å². The first-order valence-corrected chi connectivity index (χ1v) is 9.64. The van der Waals surface area contributed by atoms with Crippen molar-refractivity contribution in [3.63, 3.8) is 0 Å².